The summed E-state index contributed by atoms with van der Waals surface area (Å²) in [4.78, 5) is 35.6. The Morgan fingerprint density at radius 2 is 2.00 bits per heavy atom. The van der Waals surface area contributed by atoms with Gasteiger partial charge in [-0.05, 0) is 6.92 Å². The van der Waals surface area contributed by atoms with Crippen molar-refractivity contribution in [3.05, 3.63) is 12.2 Å². The van der Waals surface area contributed by atoms with Crippen molar-refractivity contribution in [1.82, 2.24) is 10.2 Å². The maximum absolute atomic E-state index is 11.8. The van der Waals surface area contributed by atoms with Crippen molar-refractivity contribution in [2.75, 3.05) is 19.7 Å². The number of epoxide rings is 1. The molecule has 0 aromatic rings. The first kappa shape index (κ1) is 16.6. The number of rotatable bonds is 7. The van der Waals surface area contributed by atoms with Crippen LogP contribution in [0.1, 0.15) is 27.2 Å². The van der Waals surface area contributed by atoms with E-state index in [1.807, 2.05) is 20.8 Å². The van der Waals surface area contributed by atoms with Gasteiger partial charge in [-0.25, -0.2) is 0 Å². The van der Waals surface area contributed by atoms with Crippen LogP contribution in [-0.4, -0.2) is 59.1 Å². The molecule has 0 bridgehead atoms. The molecule has 2 aliphatic heterocycles. The van der Waals surface area contributed by atoms with Crippen LogP contribution in [0.25, 0.3) is 0 Å². The fraction of sp³-hybridized carbons (Fsp3) is 0.667. The zero-order valence-corrected chi connectivity index (χ0v) is 13.1. The largest absolute Gasteiger partial charge is 0.396 e. The van der Waals surface area contributed by atoms with Crippen LogP contribution in [0.4, 0.5) is 0 Å². The lowest BCUT2D eigenvalue weighted by atomic mass is 9.84. The van der Waals surface area contributed by atoms with Gasteiger partial charge in [-0.3, -0.25) is 19.3 Å². The Kier molecular flexibility index (Phi) is 4.39. The van der Waals surface area contributed by atoms with Gasteiger partial charge in [0.2, 0.25) is 5.91 Å². The van der Waals surface area contributed by atoms with E-state index in [0.717, 1.165) is 4.90 Å². The number of nitrogens with one attached hydrogen (secondary N) is 1. The van der Waals surface area contributed by atoms with E-state index in [-0.39, 0.29) is 48.8 Å². The molecule has 2 rings (SSSR count). The monoisotopic (exact) mass is 310 g/mol. The molecule has 2 unspecified atom stereocenters. The number of carbonyl (C=O) groups is 3. The van der Waals surface area contributed by atoms with E-state index < -0.39 is 5.60 Å². The number of hydrogen-bond acceptors (Lipinski definition) is 5. The van der Waals surface area contributed by atoms with Crippen LogP contribution in [0, 0.1) is 5.41 Å². The summed E-state index contributed by atoms with van der Waals surface area (Å²) in [5.74, 6) is -1.02. The van der Waals surface area contributed by atoms with E-state index in [4.69, 9.17) is 4.74 Å². The number of imide groups is 1. The molecule has 0 spiro atoms. The molecule has 0 saturated carbocycles. The molecule has 2 N–H and O–H groups in total. The van der Waals surface area contributed by atoms with Crippen molar-refractivity contribution < 1.29 is 24.2 Å². The molecule has 7 heteroatoms. The van der Waals surface area contributed by atoms with Crippen LogP contribution in [0.5, 0.6) is 0 Å². The topological polar surface area (TPSA) is 99.2 Å². The maximum Gasteiger partial charge on any atom is 0.253 e. The van der Waals surface area contributed by atoms with Gasteiger partial charge in [-0.15, -0.1) is 0 Å². The minimum absolute atomic E-state index is 0.00733. The first-order valence-electron chi connectivity index (χ1n) is 7.28. The van der Waals surface area contributed by atoms with Gasteiger partial charge in [0.1, 0.15) is 5.60 Å². The van der Waals surface area contributed by atoms with E-state index in [1.165, 1.54) is 12.2 Å². The Labute approximate surface area is 129 Å². The summed E-state index contributed by atoms with van der Waals surface area (Å²) in [7, 11) is 0. The molecule has 0 aromatic heterocycles. The zero-order valence-electron chi connectivity index (χ0n) is 13.1. The van der Waals surface area contributed by atoms with E-state index in [1.54, 1.807) is 0 Å². The van der Waals surface area contributed by atoms with Crippen LogP contribution in [0.15, 0.2) is 12.2 Å². The summed E-state index contributed by atoms with van der Waals surface area (Å²) in [5.41, 5.74) is -0.845. The Hall–Kier alpha value is -1.73. The predicted molar refractivity (Wildman–Crippen MR) is 77.6 cm³/mol. The summed E-state index contributed by atoms with van der Waals surface area (Å²) in [5, 5.41) is 12.1. The number of aliphatic hydroxyl groups is 1. The second kappa shape index (κ2) is 5.81. The summed E-state index contributed by atoms with van der Waals surface area (Å²) < 4.78 is 5.62. The quantitative estimate of drug-likeness (QED) is 0.492. The Bertz CT molecular complexity index is 510. The van der Waals surface area contributed by atoms with Crippen LogP contribution in [-0.2, 0) is 19.1 Å². The number of nitrogens with zero attached hydrogens (tertiary/aromatic N) is 1. The minimum Gasteiger partial charge on any atom is -0.396 e. The lowest BCUT2D eigenvalue weighted by Crippen LogP contribution is -2.39. The molecule has 3 amide bonds. The van der Waals surface area contributed by atoms with Crippen molar-refractivity contribution in [1.29, 1.82) is 0 Å². The van der Waals surface area contributed by atoms with Gasteiger partial charge >= 0.3 is 0 Å². The third-order valence-corrected chi connectivity index (χ3v) is 4.10. The summed E-state index contributed by atoms with van der Waals surface area (Å²) in [6.07, 6.45) is 2.33. The molecule has 122 valence electrons. The summed E-state index contributed by atoms with van der Waals surface area (Å²) in [6.45, 7) is 6.10. The molecule has 2 atom stereocenters. The lowest BCUT2D eigenvalue weighted by molar-refractivity contribution is -0.137. The standard InChI is InChI=1S/C15H22N2O5/c1-14(2,9-18)13-15(3,22-13)8-16-10(19)6-7-17-11(20)4-5-12(17)21/h4-5,13,18H,6-9H2,1-3H3,(H,16,19). The van der Waals surface area contributed by atoms with Crippen LogP contribution in [0.2, 0.25) is 0 Å². The Balaban J connectivity index is 1.73. The molecule has 0 aromatic carbocycles. The minimum atomic E-state index is -0.483. The third kappa shape index (κ3) is 3.36. The highest BCUT2D eigenvalue weighted by atomic mass is 16.6. The maximum atomic E-state index is 11.8. The lowest BCUT2D eigenvalue weighted by Gasteiger charge is -2.21. The highest BCUT2D eigenvalue weighted by Gasteiger charge is 2.59. The van der Waals surface area contributed by atoms with E-state index in [2.05, 4.69) is 5.32 Å². The predicted octanol–water partition coefficient (Wildman–Crippen LogP) is -0.406. The molecule has 2 heterocycles. The number of ether oxygens (including phenoxy) is 1. The van der Waals surface area contributed by atoms with Crippen molar-refractivity contribution in [2.24, 2.45) is 5.41 Å². The second-order valence-corrected chi connectivity index (χ2v) is 6.65. The highest BCUT2D eigenvalue weighted by molar-refractivity contribution is 6.13. The van der Waals surface area contributed by atoms with Crippen LogP contribution >= 0.6 is 0 Å². The molecular formula is C15H22N2O5. The van der Waals surface area contributed by atoms with Gasteiger partial charge < -0.3 is 15.2 Å². The molecular weight excluding hydrogens is 288 g/mol. The number of hydrogen-bond donors (Lipinski definition) is 2. The van der Waals surface area contributed by atoms with Gasteiger partial charge in [-0.1, -0.05) is 13.8 Å². The molecule has 2 aliphatic rings. The summed E-state index contributed by atoms with van der Waals surface area (Å²) >= 11 is 0. The fourth-order valence-electron chi connectivity index (χ4n) is 2.67. The van der Waals surface area contributed by atoms with Gasteiger partial charge in [0, 0.05) is 37.1 Å². The van der Waals surface area contributed by atoms with Gasteiger partial charge in [0.25, 0.3) is 11.8 Å². The van der Waals surface area contributed by atoms with Crippen LogP contribution < -0.4 is 5.32 Å². The Morgan fingerprint density at radius 3 is 2.55 bits per heavy atom. The molecule has 0 radical (unpaired) electrons. The SMILES string of the molecule is CC(C)(CO)C1OC1(C)CNC(=O)CCN1C(=O)C=CC1=O. The van der Waals surface area contributed by atoms with E-state index >= 15 is 0 Å². The molecule has 1 fully saturated rings. The first-order chi connectivity index (χ1) is 10.2. The molecule has 7 nitrogen and oxygen atoms in total. The van der Waals surface area contributed by atoms with Crippen molar-refractivity contribution >= 4 is 17.7 Å². The fourth-order valence-corrected chi connectivity index (χ4v) is 2.67. The van der Waals surface area contributed by atoms with Crippen molar-refractivity contribution in [2.45, 2.75) is 38.9 Å². The Morgan fingerprint density at radius 1 is 1.41 bits per heavy atom. The average Bonchev–Trinajstić information content (AvgIpc) is 3.06. The first-order valence-corrected chi connectivity index (χ1v) is 7.28. The number of aliphatic hydroxyl groups excluding tert-OH is 1. The number of carbonyl (C=O) groups excluding carboxylic acids is 3. The van der Waals surface area contributed by atoms with E-state index in [0.29, 0.717) is 6.54 Å². The van der Waals surface area contributed by atoms with Gasteiger partial charge in [0.15, 0.2) is 0 Å². The smallest absolute Gasteiger partial charge is 0.253 e. The normalized spacial score (nSPS) is 27.5. The highest BCUT2D eigenvalue weighted by Crippen LogP contribution is 2.46. The zero-order chi connectivity index (χ0) is 16.5. The van der Waals surface area contributed by atoms with E-state index in [9.17, 15) is 19.5 Å². The summed E-state index contributed by atoms with van der Waals surface area (Å²) in [6, 6.07) is 0. The van der Waals surface area contributed by atoms with Crippen molar-refractivity contribution in [3.8, 4) is 0 Å². The average molecular weight is 310 g/mol. The van der Waals surface area contributed by atoms with Crippen LogP contribution in [0.3, 0.4) is 0 Å². The van der Waals surface area contributed by atoms with Gasteiger partial charge in [0.05, 0.1) is 12.7 Å². The van der Waals surface area contributed by atoms with Crippen molar-refractivity contribution in [3.63, 3.8) is 0 Å². The third-order valence-electron chi connectivity index (χ3n) is 4.10. The second-order valence-electron chi connectivity index (χ2n) is 6.65. The van der Waals surface area contributed by atoms with Gasteiger partial charge in [-0.2, -0.15) is 0 Å². The molecule has 0 aliphatic carbocycles. The molecule has 1 saturated heterocycles. The number of amides is 3. The molecule has 22 heavy (non-hydrogen) atoms.